The molecule has 0 saturated carbocycles. The van der Waals surface area contributed by atoms with Crippen molar-refractivity contribution in [3.8, 4) is 0 Å². The summed E-state index contributed by atoms with van der Waals surface area (Å²) < 4.78 is 27.7. The molecule has 3 aromatic rings. The molecule has 0 aliphatic carbocycles. The minimum absolute atomic E-state index is 0.0558. The summed E-state index contributed by atoms with van der Waals surface area (Å²) in [7, 11) is -3.75. The summed E-state index contributed by atoms with van der Waals surface area (Å²) in [6.07, 6.45) is 0.737. The van der Waals surface area contributed by atoms with E-state index < -0.39 is 10.0 Å². The summed E-state index contributed by atoms with van der Waals surface area (Å²) in [6.45, 7) is 3.98. The molecular weight excluding hydrogens is 406 g/mol. The molecule has 0 unspecified atom stereocenters. The Hall–Kier alpha value is -2.84. The monoisotopic (exact) mass is 429 g/mol. The Morgan fingerprint density at radius 3 is 2.41 bits per heavy atom. The molecule has 2 amide bonds. The van der Waals surface area contributed by atoms with Crippen LogP contribution in [0, 0.1) is 6.92 Å². The number of carbonyl (C=O) groups is 1. The van der Waals surface area contributed by atoms with Crippen LogP contribution >= 0.6 is 11.3 Å². The van der Waals surface area contributed by atoms with Crippen LogP contribution in [0.1, 0.15) is 16.7 Å². The van der Waals surface area contributed by atoms with Gasteiger partial charge in [-0.05, 0) is 56.3 Å². The van der Waals surface area contributed by atoms with Crippen LogP contribution < -0.4 is 15.4 Å². The molecule has 1 heterocycles. The van der Waals surface area contributed by atoms with E-state index in [9.17, 15) is 13.2 Å². The summed E-state index contributed by atoms with van der Waals surface area (Å²) in [5.41, 5.74) is 0.874. The summed E-state index contributed by atoms with van der Waals surface area (Å²) in [5.74, 6) is 0. The minimum atomic E-state index is -3.75. The summed E-state index contributed by atoms with van der Waals surface area (Å²) in [4.78, 5) is 14.8. The zero-order valence-corrected chi connectivity index (χ0v) is 17.8. The molecule has 3 N–H and O–H groups in total. The summed E-state index contributed by atoms with van der Waals surface area (Å²) in [6, 6.07) is 18.5. The zero-order chi connectivity index (χ0) is 20.9. The van der Waals surface area contributed by atoms with Gasteiger partial charge in [-0.3, -0.25) is 4.72 Å². The molecule has 29 heavy (non-hydrogen) atoms. The number of sulfonamides is 1. The molecule has 2 aromatic carbocycles. The second kappa shape index (κ2) is 9.11. The first-order valence-electron chi connectivity index (χ1n) is 9.12. The lowest BCUT2D eigenvalue weighted by atomic mass is 10.2. The number of hydrogen-bond donors (Lipinski definition) is 3. The lowest BCUT2D eigenvalue weighted by Crippen LogP contribution is -2.37. The van der Waals surface area contributed by atoms with Gasteiger partial charge >= 0.3 is 6.03 Å². The fraction of sp³-hybridized carbons (Fsp3) is 0.190. The van der Waals surface area contributed by atoms with Gasteiger partial charge in [-0.1, -0.05) is 24.3 Å². The van der Waals surface area contributed by atoms with Crippen molar-refractivity contribution in [1.29, 1.82) is 0 Å². The van der Waals surface area contributed by atoms with Crippen molar-refractivity contribution in [3.63, 3.8) is 0 Å². The molecule has 1 atom stereocenters. The SMILES string of the molecule is Cc1ccc(C[C@H](C)NC(=O)Nc2cccc(S(=O)(=O)Nc3ccccc3)c2)s1. The number of para-hydroxylation sites is 1. The number of urea groups is 1. The van der Waals surface area contributed by atoms with Gasteiger partial charge in [0.25, 0.3) is 10.0 Å². The molecule has 6 nitrogen and oxygen atoms in total. The maximum atomic E-state index is 12.6. The molecule has 0 spiro atoms. The third-order valence-corrected chi connectivity index (χ3v) is 6.51. The number of benzene rings is 2. The van der Waals surface area contributed by atoms with E-state index in [-0.39, 0.29) is 17.0 Å². The third-order valence-electron chi connectivity index (χ3n) is 4.11. The topological polar surface area (TPSA) is 87.3 Å². The Bertz CT molecular complexity index is 1080. The highest BCUT2D eigenvalue weighted by Crippen LogP contribution is 2.20. The average molecular weight is 430 g/mol. The number of amides is 2. The Morgan fingerprint density at radius 2 is 1.72 bits per heavy atom. The molecule has 3 rings (SSSR count). The van der Waals surface area contributed by atoms with Crippen LogP contribution in [0.25, 0.3) is 0 Å². The van der Waals surface area contributed by atoms with Crippen molar-refractivity contribution in [2.75, 3.05) is 10.0 Å². The van der Waals surface area contributed by atoms with E-state index >= 15 is 0 Å². The fourth-order valence-corrected chi connectivity index (χ4v) is 4.92. The van der Waals surface area contributed by atoms with Gasteiger partial charge in [0.05, 0.1) is 4.90 Å². The number of aryl methyl sites for hydroxylation is 1. The lowest BCUT2D eigenvalue weighted by Gasteiger charge is -2.14. The van der Waals surface area contributed by atoms with Crippen molar-refractivity contribution in [2.24, 2.45) is 0 Å². The summed E-state index contributed by atoms with van der Waals surface area (Å²) >= 11 is 1.71. The first-order chi connectivity index (χ1) is 13.8. The van der Waals surface area contributed by atoms with E-state index in [1.807, 2.05) is 19.9 Å². The first kappa shape index (κ1) is 20.9. The van der Waals surface area contributed by atoms with Gasteiger partial charge in [0.15, 0.2) is 0 Å². The van der Waals surface area contributed by atoms with Crippen LogP contribution in [0.3, 0.4) is 0 Å². The van der Waals surface area contributed by atoms with Crippen LogP contribution in [-0.4, -0.2) is 20.5 Å². The molecule has 152 valence electrons. The van der Waals surface area contributed by atoms with Crippen molar-refractivity contribution in [1.82, 2.24) is 5.32 Å². The molecular formula is C21H23N3O3S2. The number of hydrogen-bond acceptors (Lipinski definition) is 4. The molecule has 0 aliphatic rings. The van der Waals surface area contributed by atoms with E-state index in [1.165, 1.54) is 21.9 Å². The molecule has 8 heteroatoms. The van der Waals surface area contributed by atoms with Gasteiger partial charge in [0.2, 0.25) is 0 Å². The van der Waals surface area contributed by atoms with Gasteiger partial charge < -0.3 is 10.6 Å². The van der Waals surface area contributed by atoms with Crippen molar-refractivity contribution < 1.29 is 13.2 Å². The zero-order valence-electron chi connectivity index (χ0n) is 16.2. The summed E-state index contributed by atoms with van der Waals surface area (Å²) in [5, 5.41) is 5.58. The van der Waals surface area contributed by atoms with Crippen LogP contribution in [0.5, 0.6) is 0 Å². The Kier molecular flexibility index (Phi) is 6.56. The first-order valence-corrected chi connectivity index (χ1v) is 11.4. The number of thiophene rings is 1. The lowest BCUT2D eigenvalue weighted by molar-refractivity contribution is 0.249. The Morgan fingerprint density at radius 1 is 1.00 bits per heavy atom. The van der Waals surface area contributed by atoms with E-state index in [4.69, 9.17) is 0 Å². The van der Waals surface area contributed by atoms with Crippen LogP contribution in [-0.2, 0) is 16.4 Å². The largest absolute Gasteiger partial charge is 0.335 e. The van der Waals surface area contributed by atoms with Crippen LogP contribution in [0.15, 0.2) is 71.6 Å². The number of carbonyl (C=O) groups excluding carboxylic acids is 1. The van der Waals surface area contributed by atoms with Gasteiger partial charge in [-0.2, -0.15) is 0 Å². The van der Waals surface area contributed by atoms with Crippen molar-refractivity contribution >= 4 is 38.8 Å². The third kappa shape index (κ3) is 6.07. The van der Waals surface area contributed by atoms with Crippen molar-refractivity contribution in [2.45, 2.75) is 31.2 Å². The van der Waals surface area contributed by atoms with E-state index in [0.29, 0.717) is 11.4 Å². The smallest absolute Gasteiger partial charge is 0.319 e. The molecule has 1 aromatic heterocycles. The van der Waals surface area contributed by atoms with Gasteiger partial charge in [0, 0.05) is 33.6 Å². The Labute approximate surface area is 175 Å². The number of rotatable bonds is 7. The molecule has 0 saturated heterocycles. The highest BCUT2D eigenvalue weighted by molar-refractivity contribution is 7.92. The Balaban J connectivity index is 1.62. The molecule has 0 bridgehead atoms. The quantitative estimate of drug-likeness (QED) is 0.512. The van der Waals surface area contributed by atoms with E-state index in [1.54, 1.807) is 47.7 Å². The minimum Gasteiger partial charge on any atom is -0.335 e. The maximum absolute atomic E-state index is 12.6. The predicted molar refractivity (Wildman–Crippen MR) is 118 cm³/mol. The van der Waals surface area contributed by atoms with Gasteiger partial charge in [-0.15, -0.1) is 11.3 Å². The highest BCUT2D eigenvalue weighted by Gasteiger charge is 2.16. The highest BCUT2D eigenvalue weighted by atomic mass is 32.2. The van der Waals surface area contributed by atoms with Gasteiger partial charge in [0.1, 0.15) is 0 Å². The molecule has 0 aliphatic heterocycles. The number of nitrogens with one attached hydrogen (secondary N) is 3. The van der Waals surface area contributed by atoms with E-state index in [2.05, 4.69) is 27.5 Å². The van der Waals surface area contributed by atoms with Crippen LogP contribution in [0.2, 0.25) is 0 Å². The normalized spacial score (nSPS) is 12.2. The van der Waals surface area contributed by atoms with Crippen molar-refractivity contribution in [3.05, 3.63) is 76.5 Å². The fourth-order valence-electron chi connectivity index (χ4n) is 2.80. The van der Waals surface area contributed by atoms with Crippen LogP contribution in [0.4, 0.5) is 16.2 Å². The second-order valence-electron chi connectivity index (χ2n) is 6.72. The second-order valence-corrected chi connectivity index (χ2v) is 9.77. The molecule has 0 fully saturated rings. The number of anilines is 2. The van der Waals surface area contributed by atoms with E-state index in [0.717, 1.165) is 6.42 Å². The van der Waals surface area contributed by atoms with Gasteiger partial charge in [-0.25, -0.2) is 13.2 Å². The predicted octanol–water partition coefficient (Wildman–Crippen LogP) is 4.61. The standard InChI is InChI=1S/C21H23N3O3S2/c1-15(13-19-12-11-16(2)28-19)22-21(25)23-18-9-6-10-20(14-18)29(26,27)24-17-7-4-3-5-8-17/h3-12,14-15,24H,13H2,1-2H3,(H2,22,23,25)/t15-/m0/s1. The average Bonchev–Trinajstić information content (AvgIpc) is 3.06. The maximum Gasteiger partial charge on any atom is 0.319 e. The molecule has 0 radical (unpaired) electrons.